The number of nitrogens with one attached hydrogen (secondary N) is 1. The number of hydrogen-bond donors (Lipinski definition) is 1. The molecule has 2 aromatic heterocycles. The van der Waals surface area contributed by atoms with Gasteiger partial charge in [-0.25, -0.2) is 13.1 Å². The van der Waals surface area contributed by atoms with Crippen molar-refractivity contribution in [2.75, 3.05) is 0 Å². The third-order valence-electron chi connectivity index (χ3n) is 2.43. The third kappa shape index (κ3) is 4.10. The summed E-state index contributed by atoms with van der Waals surface area (Å²) in [5.41, 5.74) is 0. The molecule has 1 N–H and O–H groups in total. The van der Waals surface area contributed by atoms with Gasteiger partial charge in [-0.2, -0.15) is 0 Å². The van der Waals surface area contributed by atoms with E-state index in [9.17, 15) is 8.42 Å². The van der Waals surface area contributed by atoms with Gasteiger partial charge in [-0.15, -0.1) is 11.3 Å². The first-order valence-electron chi connectivity index (χ1n) is 5.62. The van der Waals surface area contributed by atoms with Gasteiger partial charge in [-0.05, 0) is 46.8 Å². The van der Waals surface area contributed by atoms with Gasteiger partial charge in [0.1, 0.15) is 4.90 Å². The van der Waals surface area contributed by atoms with Crippen molar-refractivity contribution < 1.29 is 8.42 Å². The molecular weight excluding hydrogens is 348 g/mol. The molecule has 0 amide bonds. The van der Waals surface area contributed by atoms with E-state index in [0.717, 1.165) is 4.88 Å². The normalized spacial score (nSPS) is 13.4. The molecule has 0 fully saturated rings. The lowest BCUT2D eigenvalue weighted by Crippen LogP contribution is -2.34. The maximum atomic E-state index is 12.2. The monoisotopic (exact) mass is 360 g/mol. The van der Waals surface area contributed by atoms with Crippen molar-refractivity contribution >= 4 is 37.3 Å². The number of aromatic nitrogens is 1. The molecule has 102 valence electrons. The summed E-state index contributed by atoms with van der Waals surface area (Å²) in [6.07, 6.45) is 3.57. The van der Waals surface area contributed by atoms with Crippen LogP contribution in [0.5, 0.6) is 0 Å². The summed E-state index contributed by atoms with van der Waals surface area (Å²) >= 11 is 4.84. The molecule has 0 aliphatic rings. The number of nitrogens with zero attached hydrogens (tertiary/aromatic N) is 1. The average molecular weight is 361 g/mol. The minimum Gasteiger partial charge on any atom is -0.262 e. The van der Waals surface area contributed by atoms with E-state index in [1.807, 2.05) is 24.4 Å². The molecule has 2 heterocycles. The van der Waals surface area contributed by atoms with Gasteiger partial charge >= 0.3 is 0 Å². The zero-order valence-electron chi connectivity index (χ0n) is 10.2. The molecule has 2 aromatic rings. The molecule has 0 saturated carbocycles. The minimum absolute atomic E-state index is 0.164. The summed E-state index contributed by atoms with van der Waals surface area (Å²) in [5.74, 6) is 0. The van der Waals surface area contributed by atoms with Crippen molar-refractivity contribution in [2.24, 2.45) is 0 Å². The second-order valence-electron chi connectivity index (χ2n) is 4.14. The Morgan fingerprint density at radius 1 is 1.47 bits per heavy atom. The van der Waals surface area contributed by atoms with Crippen molar-refractivity contribution in [1.29, 1.82) is 0 Å². The first-order chi connectivity index (χ1) is 8.97. The van der Waals surface area contributed by atoms with Crippen molar-refractivity contribution in [2.45, 2.75) is 24.3 Å². The zero-order chi connectivity index (χ0) is 13.9. The number of pyridine rings is 1. The largest absolute Gasteiger partial charge is 0.262 e. The van der Waals surface area contributed by atoms with E-state index in [4.69, 9.17) is 0 Å². The zero-order valence-corrected chi connectivity index (χ0v) is 13.4. The van der Waals surface area contributed by atoms with Crippen molar-refractivity contribution in [1.82, 2.24) is 9.71 Å². The fraction of sp³-hybridized carbons (Fsp3) is 0.250. The van der Waals surface area contributed by atoms with Crippen LogP contribution in [0, 0.1) is 0 Å². The Balaban J connectivity index is 2.09. The highest BCUT2D eigenvalue weighted by atomic mass is 79.9. The Hall–Kier alpha value is -0.760. The van der Waals surface area contributed by atoms with Crippen LogP contribution >= 0.6 is 27.3 Å². The van der Waals surface area contributed by atoms with E-state index >= 15 is 0 Å². The highest BCUT2D eigenvalue weighted by Crippen LogP contribution is 2.16. The van der Waals surface area contributed by atoms with Crippen LogP contribution in [0.25, 0.3) is 0 Å². The molecule has 4 nitrogen and oxygen atoms in total. The van der Waals surface area contributed by atoms with E-state index in [2.05, 4.69) is 25.6 Å². The van der Waals surface area contributed by atoms with Crippen molar-refractivity contribution in [3.8, 4) is 0 Å². The second-order valence-corrected chi connectivity index (χ2v) is 7.81. The van der Waals surface area contributed by atoms with Crippen LogP contribution < -0.4 is 4.72 Å². The molecule has 0 saturated heterocycles. The Bertz CT molecular complexity index is 642. The van der Waals surface area contributed by atoms with Gasteiger partial charge in [0, 0.05) is 27.8 Å². The van der Waals surface area contributed by atoms with Crippen LogP contribution in [-0.2, 0) is 16.4 Å². The third-order valence-corrected chi connectivity index (χ3v) is 5.32. The van der Waals surface area contributed by atoms with Crippen LogP contribution in [0.1, 0.15) is 11.8 Å². The Labute approximate surface area is 125 Å². The summed E-state index contributed by atoms with van der Waals surface area (Å²) in [5, 5.41) is 1.98. The van der Waals surface area contributed by atoms with Gasteiger partial charge in [0.2, 0.25) is 10.0 Å². The van der Waals surface area contributed by atoms with Crippen LogP contribution in [0.15, 0.2) is 45.3 Å². The number of sulfonamides is 1. The van der Waals surface area contributed by atoms with Crippen LogP contribution in [0.3, 0.4) is 0 Å². The van der Waals surface area contributed by atoms with E-state index in [1.165, 1.54) is 12.3 Å². The van der Waals surface area contributed by atoms with E-state index in [1.54, 1.807) is 17.5 Å². The molecule has 0 radical (unpaired) electrons. The summed E-state index contributed by atoms with van der Waals surface area (Å²) in [4.78, 5) is 5.19. The van der Waals surface area contributed by atoms with Gasteiger partial charge in [0.25, 0.3) is 0 Å². The van der Waals surface area contributed by atoms with Crippen LogP contribution in [0.4, 0.5) is 0 Å². The Kier molecular flexibility index (Phi) is 4.72. The van der Waals surface area contributed by atoms with Crippen LogP contribution in [-0.4, -0.2) is 19.4 Å². The lowest BCUT2D eigenvalue weighted by Gasteiger charge is -2.13. The molecule has 0 spiro atoms. The van der Waals surface area contributed by atoms with E-state index in [-0.39, 0.29) is 10.9 Å². The van der Waals surface area contributed by atoms with E-state index in [0.29, 0.717) is 10.9 Å². The molecule has 0 aliphatic carbocycles. The number of hydrogen-bond acceptors (Lipinski definition) is 4. The lowest BCUT2D eigenvalue weighted by molar-refractivity contribution is 0.560. The highest BCUT2D eigenvalue weighted by molar-refractivity contribution is 9.10. The number of rotatable bonds is 5. The van der Waals surface area contributed by atoms with Gasteiger partial charge < -0.3 is 0 Å². The first kappa shape index (κ1) is 14.6. The van der Waals surface area contributed by atoms with Crippen LogP contribution in [0.2, 0.25) is 0 Å². The predicted octanol–water partition coefficient (Wildman–Crippen LogP) is 2.82. The Morgan fingerprint density at radius 2 is 2.26 bits per heavy atom. The number of halogens is 1. The lowest BCUT2D eigenvalue weighted by atomic mass is 10.2. The molecule has 0 bridgehead atoms. The fourth-order valence-electron chi connectivity index (χ4n) is 1.64. The SMILES string of the molecule is CC(Cc1cccs1)NS(=O)(=O)c1cncc(Br)c1. The highest BCUT2D eigenvalue weighted by Gasteiger charge is 2.18. The summed E-state index contributed by atoms with van der Waals surface area (Å²) in [6.45, 7) is 1.85. The van der Waals surface area contributed by atoms with Crippen molar-refractivity contribution in [3.05, 3.63) is 45.3 Å². The predicted molar refractivity (Wildman–Crippen MR) is 79.7 cm³/mol. The molecule has 0 aliphatic heterocycles. The van der Waals surface area contributed by atoms with Gasteiger partial charge in [-0.1, -0.05) is 6.07 Å². The molecule has 7 heteroatoms. The topological polar surface area (TPSA) is 59.1 Å². The molecule has 19 heavy (non-hydrogen) atoms. The molecule has 1 atom stereocenters. The van der Waals surface area contributed by atoms with Gasteiger partial charge in [0.05, 0.1) is 0 Å². The molecule has 2 rings (SSSR count). The van der Waals surface area contributed by atoms with Gasteiger partial charge in [0.15, 0.2) is 0 Å². The standard InChI is InChI=1S/C12H13BrN2O2S2/c1-9(5-11-3-2-4-18-11)15-19(16,17)12-6-10(13)7-14-8-12/h2-4,6-9,15H,5H2,1H3. The summed E-state index contributed by atoms with van der Waals surface area (Å²) in [7, 11) is -3.52. The molecule has 0 aromatic carbocycles. The summed E-state index contributed by atoms with van der Waals surface area (Å²) in [6, 6.07) is 5.32. The fourth-order valence-corrected chi connectivity index (χ4v) is 4.23. The van der Waals surface area contributed by atoms with Crippen molar-refractivity contribution in [3.63, 3.8) is 0 Å². The maximum Gasteiger partial charge on any atom is 0.242 e. The average Bonchev–Trinajstić information content (AvgIpc) is 2.81. The first-order valence-corrected chi connectivity index (χ1v) is 8.78. The van der Waals surface area contributed by atoms with Gasteiger partial charge in [-0.3, -0.25) is 4.98 Å². The smallest absolute Gasteiger partial charge is 0.242 e. The summed E-state index contributed by atoms with van der Waals surface area (Å²) < 4.78 is 27.6. The van der Waals surface area contributed by atoms with E-state index < -0.39 is 10.0 Å². The quantitative estimate of drug-likeness (QED) is 0.891. The maximum absolute atomic E-state index is 12.2. The molecule has 1 unspecified atom stereocenters. The second kappa shape index (κ2) is 6.13. The minimum atomic E-state index is -3.52. The Morgan fingerprint density at radius 3 is 2.89 bits per heavy atom. The number of thiophene rings is 1. The molecular formula is C12H13BrN2O2S2.